The summed E-state index contributed by atoms with van der Waals surface area (Å²) in [4.78, 5) is 35.1. The summed E-state index contributed by atoms with van der Waals surface area (Å²) < 4.78 is 22.2. The fraction of sp³-hybridized carbons (Fsp3) is 0.757. The Morgan fingerprint density at radius 3 is 2.49 bits per heavy atom. The molecular formula is C37H55NO7. The van der Waals surface area contributed by atoms with Crippen LogP contribution in [0, 0.1) is 40.4 Å². The first-order chi connectivity index (χ1) is 21.8. The molecule has 1 amide bonds. The molecule has 0 aromatic heterocycles. The molecule has 8 nitrogen and oxygen atoms in total. The smallest absolute Gasteiger partial charge is 0.332 e. The van der Waals surface area contributed by atoms with Crippen LogP contribution in [0.1, 0.15) is 96.5 Å². The van der Waals surface area contributed by atoms with Crippen molar-refractivity contribution in [1.29, 1.82) is 0 Å². The Bertz CT molecular complexity index is 1110. The lowest BCUT2D eigenvalue weighted by atomic mass is 9.44. The first kappa shape index (κ1) is 33.9. The van der Waals surface area contributed by atoms with Gasteiger partial charge in [0.15, 0.2) is 0 Å². The molecule has 45 heavy (non-hydrogen) atoms. The summed E-state index contributed by atoms with van der Waals surface area (Å²) in [5.41, 5.74) is 1.76. The van der Waals surface area contributed by atoms with Crippen LogP contribution in [0.15, 0.2) is 30.3 Å². The van der Waals surface area contributed by atoms with Crippen molar-refractivity contribution in [2.75, 3.05) is 33.0 Å². The molecule has 1 N–H and O–H groups in total. The number of amides is 1. The predicted octanol–water partition coefficient (Wildman–Crippen LogP) is 6.25. The standard InChI is InChI=1S/C37H55NO7/c1-36-18-16-33-31(32(36)14-12-28(36)9-6-10-34(40)44-24-27-7-4-3-5-8-27)13-11-29-23-30(15-17-37(29,33)2)45-35(41)25-43-22-21-42-20-19-38-26-39/h3-5,7-8,26,28-33H,6,9-25H2,1-2H3,(H,38,39). The molecule has 0 aliphatic heterocycles. The van der Waals surface area contributed by atoms with E-state index in [4.69, 9.17) is 18.9 Å². The second-order valence-corrected chi connectivity index (χ2v) is 14.6. The second-order valence-electron chi connectivity index (χ2n) is 14.6. The van der Waals surface area contributed by atoms with Crippen LogP contribution >= 0.6 is 0 Å². The molecule has 0 radical (unpaired) electrons. The van der Waals surface area contributed by atoms with Gasteiger partial charge in [-0.1, -0.05) is 44.2 Å². The molecule has 8 atom stereocenters. The third-order valence-electron chi connectivity index (χ3n) is 12.4. The van der Waals surface area contributed by atoms with Gasteiger partial charge in [-0.2, -0.15) is 0 Å². The number of hydrogen-bond donors (Lipinski definition) is 1. The third kappa shape index (κ3) is 8.29. The van der Waals surface area contributed by atoms with Crippen molar-refractivity contribution in [3.8, 4) is 0 Å². The quantitative estimate of drug-likeness (QED) is 0.132. The monoisotopic (exact) mass is 625 g/mol. The lowest BCUT2D eigenvalue weighted by Crippen LogP contribution is -2.54. The Morgan fingerprint density at radius 1 is 0.889 bits per heavy atom. The van der Waals surface area contributed by atoms with Crippen LogP contribution in [-0.2, 0) is 39.9 Å². The summed E-state index contributed by atoms with van der Waals surface area (Å²) >= 11 is 0. The lowest BCUT2D eigenvalue weighted by Gasteiger charge is -2.61. The number of benzene rings is 1. The molecule has 5 rings (SSSR count). The molecular weight excluding hydrogens is 570 g/mol. The van der Waals surface area contributed by atoms with Gasteiger partial charge in [0.2, 0.25) is 6.41 Å². The Hall–Kier alpha value is -2.45. The number of fused-ring (bicyclic) bond motifs is 5. The Labute approximate surface area is 269 Å². The van der Waals surface area contributed by atoms with E-state index in [1.54, 1.807) is 0 Å². The van der Waals surface area contributed by atoms with Gasteiger partial charge in [0.1, 0.15) is 19.3 Å². The van der Waals surface area contributed by atoms with Gasteiger partial charge >= 0.3 is 11.9 Å². The van der Waals surface area contributed by atoms with E-state index in [9.17, 15) is 14.4 Å². The van der Waals surface area contributed by atoms with Gasteiger partial charge in [0.05, 0.1) is 19.8 Å². The van der Waals surface area contributed by atoms with E-state index in [1.165, 1.54) is 38.5 Å². The van der Waals surface area contributed by atoms with Crippen LogP contribution in [0.5, 0.6) is 0 Å². The number of rotatable bonds is 16. The van der Waals surface area contributed by atoms with Gasteiger partial charge in [-0.15, -0.1) is 0 Å². The SMILES string of the molecule is CC12CCC3C(CCC4CC(OC(=O)COCCOCCNC=O)CCC43C)C1CCC2CCCC(=O)OCc1ccccc1. The van der Waals surface area contributed by atoms with Crippen LogP contribution in [-0.4, -0.2) is 57.4 Å². The van der Waals surface area contributed by atoms with E-state index >= 15 is 0 Å². The number of hydrogen-bond acceptors (Lipinski definition) is 7. The molecule has 0 saturated heterocycles. The zero-order valence-electron chi connectivity index (χ0n) is 27.5. The predicted molar refractivity (Wildman–Crippen MR) is 171 cm³/mol. The van der Waals surface area contributed by atoms with Crippen molar-refractivity contribution in [3.63, 3.8) is 0 Å². The topological polar surface area (TPSA) is 100 Å². The highest BCUT2D eigenvalue weighted by atomic mass is 16.6. The summed E-state index contributed by atoms with van der Waals surface area (Å²) in [6.45, 7) is 7.03. The summed E-state index contributed by atoms with van der Waals surface area (Å²) in [5.74, 6) is 3.32. The van der Waals surface area contributed by atoms with Crippen LogP contribution in [0.25, 0.3) is 0 Å². The molecule has 8 heteroatoms. The molecule has 4 fully saturated rings. The molecule has 0 heterocycles. The van der Waals surface area contributed by atoms with Gasteiger partial charge in [-0.25, -0.2) is 4.79 Å². The number of nitrogens with one attached hydrogen (secondary N) is 1. The summed E-state index contributed by atoms with van der Waals surface area (Å²) in [6, 6.07) is 9.91. The average molecular weight is 626 g/mol. The number of carbonyl (C=O) groups excluding carboxylic acids is 3. The molecule has 8 unspecified atom stereocenters. The highest BCUT2D eigenvalue weighted by molar-refractivity contribution is 5.71. The van der Waals surface area contributed by atoms with Crippen LogP contribution in [0.4, 0.5) is 0 Å². The molecule has 250 valence electrons. The largest absolute Gasteiger partial charge is 0.461 e. The Morgan fingerprint density at radius 2 is 1.67 bits per heavy atom. The minimum Gasteiger partial charge on any atom is -0.461 e. The maximum Gasteiger partial charge on any atom is 0.332 e. The zero-order chi connectivity index (χ0) is 31.7. The average Bonchev–Trinajstić information content (AvgIpc) is 3.38. The van der Waals surface area contributed by atoms with Crippen molar-refractivity contribution in [2.45, 2.75) is 104 Å². The van der Waals surface area contributed by atoms with E-state index in [0.29, 0.717) is 68.5 Å². The minimum absolute atomic E-state index is 0.00880. The normalized spacial score (nSPS) is 33.7. The minimum atomic E-state index is -0.283. The fourth-order valence-corrected chi connectivity index (χ4v) is 10.00. The van der Waals surface area contributed by atoms with Crippen LogP contribution in [0.2, 0.25) is 0 Å². The zero-order valence-corrected chi connectivity index (χ0v) is 27.5. The van der Waals surface area contributed by atoms with Gasteiger partial charge in [0.25, 0.3) is 0 Å². The van der Waals surface area contributed by atoms with Crippen LogP contribution in [0.3, 0.4) is 0 Å². The summed E-state index contributed by atoms with van der Waals surface area (Å²) in [7, 11) is 0. The summed E-state index contributed by atoms with van der Waals surface area (Å²) in [6.07, 6.45) is 14.1. The van der Waals surface area contributed by atoms with Gasteiger partial charge in [-0.05, 0) is 117 Å². The molecule has 4 aliphatic carbocycles. The molecule has 1 aromatic carbocycles. The highest BCUT2D eigenvalue weighted by Crippen LogP contribution is 2.68. The van der Waals surface area contributed by atoms with Crippen molar-refractivity contribution >= 4 is 18.3 Å². The van der Waals surface area contributed by atoms with Crippen molar-refractivity contribution in [2.24, 2.45) is 40.4 Å². The lowest BCUT2D eigenvalue weighted by molar-refractivity contribution is -0.167. The van der Waals surface area contributed by atoms with Gasteiger partial charge < -0.3 is 24.3 Å². The Balaban J connectivity index is 1.03. The molecule has 4 aliphatic rings. The summed E-state index contributed by atoms with van der Waals surface area (Å²) in [5, 5.41) is 2.54. The van der Waals surface area contributed by atoms with Crippen molar-refractivity contribution < 1.29 is 33.3 Å². The molecule has 1 aromatic rings. The third-order valence-corrected chi connectivity index (χ3v) is 12.4. The number of esters is 2. The number of carbonyl (C=O) groups is 3. The van der Waals surface area contributed by atoms with E-state index in [2.05, 4.69) is 19.2 Å². The molecule has 4 saturated carbocycles. The maximum absolute atomic E-state index is 12.5. The first-order valence-corrected chi connectivity index (χ1v) is 17.5. The number of ether oxygens (including phenoxy) is 4. The molecule has 0 spiro atoms. The van der Waals surface area contributed by atoms with Gasteiger partial charge in [-0.3, -0.25) is 9.59 Å². The Kier molecular flexibility index (Phi) is 12.0. The van der Waals surface area contributed by atoms with Crippen molar-refractivity contribution in [3.05, 3.63) is 35.9 Å². The van der Waals surface area contributed by atoms with Crippen LogP contribution < -0.4 is 5.32 Å². The highest BCUT2D eigenvalue weighted by Gasteiger charge is 2.60. The molecule has 0 bridgehead atoms. The van der Waals surface area contributed by atoms with Crippen molar-refractivity contribution in [1.82, 2.24) is 5.32 Å². The van der Waals surface area contributed by atoms with E-state index in [0.717, 1.165) is 55.4 Å². The maximum atomic E-state index is 12.5. The van der Waals surface area contributed by atoms with Gasteiger partial charge in [0, 0.05) is 13.0 Å². The second kappa shape index (κ2) is 15.9. The van der Waals surface area contributed by atoms with E-state index in [1.807, 2.05) is 30.3 Å². The van der Waals surface area contributed by atoms with E-state index in [-0.39, 0.29) is 24.6 Å². The van der Waals surface area contributed by atoms with E-state index < -0.39 is 0 Å². The fourth-order valence-electron chi connectivity index (χ4n) is 10.00. The first-order valence-electron chi connectivity index (χ1n) is 17.5.